The zero-order valence-electron chi connectivity index (χ0n) is 11.3. The number of nitrogens with one attached hydrogen (secondary N) is 1. The van der Waals surface area contributed by atoms with E-state index < -0.39 is 0 Å². The van der Waals surface area contributed by atoms with Crippen molar-refractivity contribution in [2.75, 3.05) is 13.1 Å². The van der Waals surface area contributed by atoms with Crippen LogP contribution in [0.5, 0.6) is 11.5 Å². The molecule has 0 spiro atoms. The topological polar surface area (TPSA) is 39.1 Å². The van der Waals surface area contributed by atoms with Gasteiger partial charge in [-0.15, -0.1) is 0 Å². The second kappa shape index (κ2) is 6.29. The molecule has 1 aliphatic rings. The van der Waals surface area contributed by atoms with Gasteiger partial charge in [0, 0.05) is 11.6 Å². The lowest BCUT2D eigenvalue weighted by molar-refractivity contribution is 0.418. The normalized spacial score (nSPS) is 19.6. The highest BCUT2D eigenvalue weighted by Gasteiger charge is 2.15. The van der Waals surface area contributed by atoms with Gasteiger partial charge in [0.25, 0.3) is 0 Å². The number of hydrogen-bond donors (Lipinski definition) is 1. The van der Waals surface area contributed by atoms with Crippen molar-refractivity contribution in [1.82, 2.24) is 15.1 Å². The van der Waals surface area contributed by atoms with Crippen molar-refractivity contribution in [2.45, 2.75) is 25.3 Å². The summed E-state index contributed by atoms with van der Waals surface area (Å²) in [7, 11) is 0. The van der Waals surface area contributed by atoms with Crippen molar-refractivity contribution in [1.29, 1.82) is 0 Å². The number of aromatic nitrogens is 2. The van der Waals surface area contributed by atoms with Crippen LogP contribution in [0.2, 0.25) is 5.02 Å². The largest absolute Gasteiger partial charge is 0.454 e. The van der Waals surface area contributed by atoms with E-state index in [0.29, 0.717) is 11.1 Å². The van der Waals surface area contributed by atoms with Gasteiger partial charge in [-0.05, 0) is 37.6 Å². The van der Waals surface area contributed by atoms with Crippen LogP contribution in [-0.2, 0) is 0 Å². The summed E-state index contributed by atoms with van der Waals surface area (Å²) in [6, 6.07) is 7.80. The maximum Gasteiger partial charge on any atom is 0.165 e. The van der Waals surface area contributed by atoms with E-state index in [1.807, 2.05) is 29.1 Å². The Bertz CT molecular complexity index is 562. The quantitative estimate of drug-likeness (QED) is 0.938. The summed E-state index contributed by atoms with van der Waals surface area (Å²) in [5.41, 5.74) is 0. The third-order valence-electron chi connectivity index (χ3n) is 3.50. The molecule has 2 aromatic rings. The first-order chi connectivity index (χ1) is 9.81. The molecule has 1 aromatic carbocycles. The fourth-order valence-corrected chi connectivity index (χ4v) is 2.65. The van der Waals surface area contributed by atoms with Crippen molar-refractivity contribution < 1.29 is 4.74 Å². The first-order valence-electron chi connectivity index (χ1n) is 6.99. The van der Waals surface area contributed by atoms with E-state index in [4.69, 9.17) is 16.3 Å². The van der Waals surface area contributed by atoms with Gasteiger partial charge in [-0.3, -0.25) is 4.68 Å². The Labute approximate surface area is 123 Å². The van der Waals surface area contributed by atoms with Crippen molar-refractivity contribution in [3.8, 4) is 11.5 Å². The van der Waals surface area contributed by atoms with Gasteiger partial charge in [-0.25, -0.2) is 0 Å². The Kier molecular flexibility index (Phi) is 4.23. The molecule has 4 nitrogen and oxygen atoms in total. The highest BCUT2D eigenvalue weighted by atomic mass is 35.5. The summed E-state index contributed by atoms with van der Waals surface area (Å²) < 4.78 is 7.77. The molecule has 1 N–H and O–H groups in total. The van der Waals surface area contributed by atoms with E-state index in [1.165, 1.54) is 12.8 Å². The van der Waals surface area contributed by atoms with Gasteiger partial charge in [0.05, 0.1) is 18.4 Å². The van der Waals surface area contributed by atoms with Gasteiger partial charge in [-0.1, -0.05) is 24.1 Å². The molecule has 1 unspecified atom stereocenters. The predicted octanol–water partition coefficient (Wildman–Crippen LogP) is 3.64. The zero-order valence-corrected chi connectivity index (χ0v) is 12.0. The van der Waals surface area contributed by atoms with Gasteiger partial charge < -0.3 is 10.1 Å². The average molecular weight is 292 g/mol. The first kappa shape index (κ1) is 13.5. The van der Waals surface area contributed by atoms with Crippen LogP contribution in [0.3, 0.4) is 0 Å². The van der Waals surface area contributed by atoms with Crippen molar-refractivity contribution in [3.63, 3.8) is 0 Å². The summed E-state index contributed by atoms with van der Waals surface area (Å²) in [5, 5.41) is 8.53. The molecule has 20 heavy (non-hydrogen) atoms. The monoisotopic (exact) mass is 291 g/mol. The highest BCUT2D eigenvalue weighted by Crippen LogP contribution is 2.25. The lowest BCUT2D eigenvalue weighted by atomic mass is 10.1. The highest BCUT2D eigenvalue weighted by molar-refractivity contribution is 6.30. The van der Waals surface area contributed by atoms with Crippen LogP contribution in [0.1, 0.15) is 25.3 Å². The lowest BCUT2D eigenvalue weighted by Crippen LogP contribution is -2.23. The molecule has 0 radical (unpaired) electrons. The number of halogens is 1. The molecule has 106 valence electrons. The van der Waals surface area contributed by atoms with Gasteiger partial charge in [0.2, 0.25) is 0 Å². The van der Waals surface area contributed by atoms with Crippen LogP contribution in [-0.4, -0.2) is 22.9 Å². The third-order valence-corrected chi connectivity index (χ3v) is 3.74. The summed E-state index contributed by atoms with van der Waals surface area (Å²) >= 11 is 5.95. The van der Waals surface area contributed by atoms with E-state index in [0.717, 1.165) is 31.0 Å². The van der Waals surface area contributed by atoms with Gasteiger partial charge in [0.1, 0.15) is 5.75 Å². The van der Waals surface area contributed by atoms with Crippen LogP contribution in [0.25, 0.3) is 0 Å². The van der Waals surface area contributed by atoms with Crippen molar-refractivity contribution in [2.24, 2.45) is 0 Å². The van der Waals surface area contributed by atoms with E-state index in [1.54, 1.807) is 12.3 Å². The Hall–Kier alpha value is -1.52. The SMILES string of the molecule is Clc1cccc(Oc2cnn(C3CCCCNC3)c2)c1. The second-order valence-corrected chi connectivity index (χ2v) is 5.51. The Morgan fingerprint density at radius 2 is 2.25 bits per heavy atom. The number of ether oxygens (including phenoxy) is 1. The number of hydrogen-bond acceptors (Lipinski definition) is 3. The number of rotatable bonds is 3. The van der Waals surface area contributed by atoms with E-state index in [-0.39, 0.29) is 0 Å². The van der Waals surface area contributed by atoms with E-state index in [2.05, 4.69) is 10.4 Å². The van der Waals surface area contributed by atoms with Crippen LogP contribution < -0.4 is 10.1 Å². The van der Waals surface area contributed by atoms with E-state index in [9.17, 15) is 0 Å². The van der Waals surface area contributed by atoms with Crippen LogP contribution in [0, 0.1) is 0 Å². The van der Waals surface area contributed by atoms with Gasteiger partial charge in [0.15, 0.2) is 5.75 Å². The Morgan fingerprint density at radius 3 is 3.15 bits per heavy atom. The summed E-state index contributed by atoms with van der Waals surface area (Å²) in [6.45, 7) is 2.07. The summed E-state index contributed by atoms with van der Waals surface area (Å²) in [5.74, 6) is 1.48. The zero-order chi connectivity index (χ0) is 13.8. The van der Waals surface area contributed by atoms with Crippen LogP contribution in [0.15, 0.2) is 36.7 Å². The number of nitrogens with zero attached hydrogens (tertiary/aromatic N) is 2. The summed E-state index contributed by atoms with van der Waals surface area (Å²) in [4.78, 5) is 0. The molecule has 1 aliphatic heterocycles. The average Bonchev–Trinajstić information content (AvgIpc) is 2.73. The number of benzene rings is 1. The predicted molar refractivity (Wildman–Crippen MR) is 79.5 cm³/mol. The molecule has 2 heterocycles. The van der Waals surface area contributed by atoms with Crippen molar-refractivity contribution >= 4 is 11.6 Å². The molecule has 0 aliphatic carbocycles. The fraction of sp³-hybridized carbons (Fsp3) is 0.400. The van der Waals surface area contributed by atoms with Gasteiger partial charge in [-0.2, -0.15) is 5.10 Å². The smallest absolute Gasteiger partial charge is 0.165 e. The minimum absolute atomic E-state index is 0.411. The maximum absolute atomic E-state index is 5.95. The molecule has 1 aromatic heterocycles. The molecular weight excluding hydrogens is 274 g/mol. The second-order valence-electron chi connectivity index (χ2n) is 5.07. The molecule has 0 amide bonds. The van der Waals surface area contributed by atoms with Crippen LogP contribution >= 0.6 is 11.6 Å². The standard InChI is InChI=1S/C15H18ClN3O/c16-12-4-3-6-14(8-12)20-15-10-18-19(11-15)13-5-1-2-7-17-9-13/h3-4,6,8,10-11,13,17H,1-2,5,7,9H2. The van der Waals surface area contributed by atoms with Gasteiger partial charge >= 0.3 is 0 Å². The molecule has 0 bridgehead atoms. The minimum atomic E-state index is 0.411. The fourth-order valence-electron chi connectivity index (χ4n) is 2.47. The van der Waals surface area contributed by atoms with E-state index >= 15 is 0 Å². The van der Waals surface area contributed by atoms with Crippen molar-refractivity contribution in [3.05, 3.63) is 41.7 Å². The Balaban J connectivity index is 1.70. The molecule has 1 atom stereocenters. The maximum atomic E-state index is 5.95. The molecule has 0 saturated carbocycles. The molecule has 1 fully saturated rings. The third kappa shape index (κ3) is 3.32. The molecule has 3 rings (SSSR count). The molecule has 1 saturated heterocycles. The summed E-state index contributed by atoms with van der Waals surface area (Å²) in [6.07, 6.45) is 7.35. The lowest BCUT2D eigenvalue weighted by Gasteiger charge is -2.14. The van der Waals surface area contributed by atoms with Crippen LogP contribution in [0.4, 0.5) is 0 Å². The molecular formula is C15H18ClN3O. The Morgan fingerprint density at radius 1 is 1.30 bits per heavy atom. The minimum Gasteiger partial charge on any atom is -0.454 e. The first-order valence-corrected chi connectivity index (χ1v) is 7.37. The molecule has 5 heteroatoms.